The Morgan fingerprint density at radius 2 is 1.78 bits per heavy atom. The fourth-order valence-corrected chi connectivity index (χ4v) is 1.44. The zero-order valence-corrected chi connectivity index (χ0v) is 15.5. The minimum Gasteiger partial charge on any atom is -0.741 e. The van der Waals surface area contributed by atoms with Gasteiger partial charge in [0, 0.05) is 24.8 Å². The SMILES string of the molecule is CCOC([S-])=NN=C(C=NN=C([S-])N(C)C)c1ccccc1.[Cu+2]. The molecule has 1 radical (unpaired) electrons. The fraction of sp³-hybridized carbons (Fsp3) is 0.286. The quantitative estimate of drug-likeness (QED) is 0.249. The van der Waals surface area contributed by atoms with E-state index in [1.165, 1.54) is 6.21 Å². The van der Waals surface area contributed by atoms with Gasteiger partial charge in [-0.15, -0.1) is 10.2 Å². The van der Waals surface area contributed by atoms with Crippen molar-refractivity contribution >= 4 is 47.6 Å². The van der Waals surface area contributed by atoms with E-state index >= 15 is 0 Å². The summed E-state index contributed by atoms with van der Waals surface area (Å²) >= 11 is 9.95. The van der Waals surface area contributed by atoms with Crippen LogP contribution in [0.25, 0.3) is 0 Å². The molecule has 6 nitrogen and oxygen atoms in total. The maximum absolute atomic E-state index is 5.06. The Balaban J connectivity index is 0.00000484. The Labute approximate surface area is 158 Å². The molecule has 9 heteroatoms. The summed E-state index contributed by atoms with van der Waals surface area (Å²) in [5, 5.41) is 16.2. The van der Waals surface area contributed by atoms with Gasteiger partial charge in [0.25, 0.3) is 0 Å². The van der Waals surface area contributed by atoms with Crippen LogP contribution in [0.4, 0.5) is 0 Å². The first-order valence-corrected chi connectivity index (χ1v) is 7.32. The summed E-state index contributed by atoms with van der Waals surface area (Å²) in [7, 11) is 3.59. The second-order valence-electron chi connectivity index (χ2n) is 4.17. The second kappa shape index (κ2) is 12.0. The average Bonchev–Trinajstić information content (AvgIpc) is 2.51. The number of nitrogens with zero attached hydrogens (tertiary/aromatic N) is 5. The van der Waals surface area contributed by atoms with Crippen LogP contribution in [0, 0.1) is 0 Å². The molecule has 0 bridgehead atoms. The van der Waals surface area contributed by atoms with Crippen molar-refractivity contribution in [2.75, 3.05) is 20.7 Å². The molecule has 23 heavy (non-hydrogen) atoms. The van der Waals surface area contributed by atoms with E-state index in [9.17, 15) is 0 Å². The van der Waals surface area contributed by atoms with Gasteiger partial charge in [0.15, 0.2) is 0 Å². The van der Waals surface area contributed by atoms with E-state index in [1.807, 2.05) is 37.3 Å². The number of hydrogen-bond acceptors (Lipinski definition) is 7. The van der Waals surface area contributed by atoms with Crippen molar-refractivity contribution in [3.63, 3.8) is 0 Å². The maximum atomic E-state index is 5.06. The molecule has 0 unspecified atom stereocenters. The Bertz CT molecular complexity index is 588. The van der Waals surface area contributed by atoms with Crippen LogP contribution in [-0.2, 0) is 47.1 Å². The summed E-state index contributed by atoms with van der Waals surface area (Å²) in [5.74, 6) is 0. The molecule has 0 spiro atoms. The first-order valence-electron chi connectivity index (χ1n) is 6.50. The van der Waals surface area contributed by atoms with E-state index in [-0.39, 0.29) is 22.3 Å². The van der Waals surface area contributed by atoms with Gasteiger partial charge in [0.2, 0.25) is 0 Å². The second-order valence-corrected chi connectivity index (χ2v) is 4.89. The summed E-state index contributed by atoms with van der Waals surface area (Å²) in [4.78, 5) is 1.68. The normalized spacial score (nSPS) is 12.9. The first kappa shape index (κ1) is 21.5. The van der Waals surface area contributed by atoms with Crippen molar-refractivity contribution < 1.29 is 21.8 Å². The monoisotopic (exact) mass is 398 g/mol. The van der Waals surface area contributed by atoms with Crippen LogP contribution >= 0.6 is 0 Å². The molecule has 1 rings (SSSR count). The van der Waals surface area contributed by atoms with E-state index in [0.717, 1.165) is 5.56 Å². The maximum Gasteiger partial charge on any atom is 2.00 e. The predicted octanol–water partition coefficient (Wildman–Crippen LogP) is 1.78. The van der Waals surface area contributed by atoms with Gasteiger partial charge in [-0.2, -0.15) is 10.2 Å². The van der Waals surface area contributed by atoms with Gasteiger partial charge in [-0.05, 0) is 6.92 Å². The molecule has 0 N–H and O–H groups in total. The van der Waals surface area contributed by atoms with Gasteiger partial charge in [0.05, 0.1) is 18.1 Å². The molecular weight excluding hydrogens is 382 g/mol. The van der Waals surface area contributed by atoms with E-state index < -0.39 is 0 Å². The van der Waals surface area contributed by atoms with E-state index in [4.69, 9.17) is 30.0 Å². The van der Waals surface area contributed by atoms with Crippen molar-refractivity contribution in [2.45, 2.75) is 6.92 Å². The summed E-state index contributed by atoms with van der Waals surface area (Å²) in [6.45, 7) is 2.27. The van der Waals surface area contributed by atoms with Crippen LogP contribution in [0.3, 0.4) is 0 Å². The molecule has 0 saturated heterocycles. The summed E-state index contributed by atoms with van der Waals surface area (Å²) in [6, 6.07) is 9.46. The van der Waals surface area contributed by atoms with Crippen LogP contribution in [0.15, 0.2) is 50.7 Å². The van der Waals surface area contributed by atoms with Gasteiger partial charge in [-0.1, -0.05) is 30.3 Å². The third-order valence-electron chi connectivity index (χ3n) is 2.28. The van der Waals surface area contributed by atoms with Crippen LogP contribution in [0.2, 0.25) is 0 Å². The Morgan fingerprint density at radius 3 is 2.35 bits per heavy atom. The molecule has 0 heterocycles. The molecule has 0 aliphatic carbocycles. The van der Waals surface area contributed by atoms with Gasteiger partial charge in [-0.3, -0.25) is 0 Å². The molecule has 0 aliphatic rings. The van der Waals surface area contributed by atoms with Crippen molar-refractivity contribution in [3.8, 4) is 0 Å². The molecule has 1 aromatic carbocycles. The van der Waals surface area contributed by atoms with E-state index in [1.54, 1.807) is 19.0 Å². The molecule has 0 fully saturated rings. The smallest absolute Gasteiger partial charge is 0.741 e. The number of ether oxygens (including phenoxy) is 1. The molecular formula is C14H17CuN5OS2. The summed E-state index contributed by atoms with van der Waals surface area (Å²) in [5.41, 5.74) is 1.34. The topological polar surface area (TPSA) is 61.9 Å². The van der Waals surface area contributed by atoms with Crippen molar-refractivity contribution in [1.82, 2.24) is 4.90 Å². The Morgan fingerprint density at radius 1 is 1.13 bits per heavy atom. The molecule has 0 saturated carbocycles. The number of benzene rings is 1. The van der Waals surface area contributed by atoms with Gasteiger partial charge in [-0.25, -0.2) is 0 Å². The Hall–Kier alpha value is -1.54. The van der Waals surface area contributed by atoms with Crippen LogP contribution in [-0.4, -0.2) is 47.9 Å². The third kappa shape index (κ3) is 8.61. The van der Waals surface area contributed by atoms with E-state index in [2.05, 4.69) is 20.4 Å². The standard InChI is InChI=1S/C14H19N5OS2.Cu/c1-4-20-14(22)18-16-12(11-8-6-5-7-9-11)10-15-17-13(21)19(2)3;/h5-10H,4H2,1-3H3,(H,17,21)(H,18,22);/q;+2/p-2. The number of hydrogen-bond donors (Lipinski definition) is 0. The largest absolute Gasteiger partial charge is 2.00 e. The fourth-order valence-electron chi connectivity index (χ4n) is 1.24. The van der Waals surface area contributed by atoms with Crippen LogP contribution in [0.1, 0.15) is 12.5 Å². The third-order valence-corrected chi connectivity index (χ3v) is 2.93. The van der Waals surface area contributed by atoms with Crippen molar-refractivity contribution in [3.05, 3.63) is 35.9 Å². The van der Waals surface area contributed by atoms with Gasteiger partial charge >= 0.3 is 17.1 Å². The molecule has 0 aromatic heterocycles. The summed E-state index contributed by atoms with van der Waals surface area (Å²) < 4.78 is 5.06. The molecule has 0 aliphatic heterocycles. The number of amidine groups is 1. The first-order chi connectivity index (χ1) is 10.5. The van der Waals surface area contributed by atoms with Gasteiger partial charge < -0.3 is 34.9 Å². The molecule has 1 aromatic rings. The number of rotatable bonds is 5. The Kier molecular flexibility index (Phi) is 11.2. The van der Waals surface area contributed by atoms with Gasteiger partial charge in [0.1, 0.15) is 5.71 Å². The van der Waals surface area contributed by atoms with Crippen molar-refractivity contribution in [1.29, 1.82) is 0 Å². The van der Waals surface area contributed by atoms with Crippen LogP contribution in [0.5, 0.6) is 0 Å². The molecule has 127 valence electrons. The predicted molar refractivity (Wildman–Crippen MR) is 96.4 cm³/mol. The van der Waals surface area contributed by atoms with Crippen LogP contribution < -0.4 is 0 Å². The molecule has 0 amide bonds. The minimum atomic E-state index is 0. The minimum absolute atomic E-state index is 0. The van der Waals surface area contributed by atoms with Crippen molar-refractivity contribution in [2.24, 2.45) is 20.4 Å². The molecule has 0 atom stereocenters. The summed E-state index contributed by atoms with van der Waals surface area (Å²) in [6.07, 6.45) is 1.48. The zero-order chi connectivity index (χ0) is 16.4. The van der Waals surface area contributed by atoms with E-state index in [0.29, 0.717) is 17.5 Å². The average molecular weight is 399 g/mol. The zero-order valence-electron chi connectivity index (χ0n) is 12.9.